The van der Waals surface area contributed by atoms with Crippen molar-refractivity contribution in [3.63, 3.8) is 0 Å². The van der Waals surface area contributed by atoms with Crippen molar-refractivity contribution in [1.29, 1.82) is 0 Å². The zero-order chi connectivity index (χ0) is 20.5. The van der Waals surface area contributed by atoms with Gasteiger partial charge >= 0.3 is 0 Å². The molecule has 1 aromatic heterocycles. The number of aromatic nitrogens is 1. The summed E-state index contributed by atoms with van der Waals surface area (Å²) in [7, 11) is 3.46. The van der Waals surface area contributed by atoms with E-state index in [1.54, 1.807) is 6.07 Å². The highest BCUT2D eigenvalue weighted by Gasteiger charge is 2.37. The Morgan fingerprint density at radius 3 is 2.56 bits per heavy atom. The predicted octanol–water partition coefficient (Wildman–Crippen LogP) is 2.72. The Balaban J connectivity index is 0.000000380. The van der Waals surface area contributed by atoms with Crippen LogP contribution in [0.4, 0.5) is 0 Å². The summed E-state index contributed by atoms with van der Waals surface area (Å²) in [5.74, 6) is -0.502. The van der Waals surface area contributed by atoms with Crippen LogP contribution in [0.1, 0.15) is 37.9 Å². The van der Waals surface area contributed by atoms with Crippen LogP contribution in [0.3, 0.4) is 0 Å². The number of benzene rings is 1. The third-order valence-electron chi connectivity index (χ3n) is 4.88. The minimum absolute atomic E-state index is 0.0559. The molecule has 1 aliphatic heterocycles. The van der Waals surface area contributed by atoms with E-state index in [2.05, 4.69) is 29.0 Å². The Labute approximate surface area is 168 Å². The molecule has 0 radical (unpaired) electrons. The van der Waals surface area contributed by atoms with Crippen LogP contribution in [0.2, 0.25) is 10.0 Å². The van der Waals surface area contributed by atoms with Crippen LogP contribution in [-0.2, 0) is 22.1 Å². The van der Waals surface area contributed by atoms with Gasteiger partial charge < -0.3 is 20.3 Å². The lowest BCUT2D eigenvalue weighted by molar-refractivity contribution is -0.123. The number of hydrogen-bond donors (Lipinski definition) is 3. The molecule has 0 saturated heterocycles. The lowest BCUT2D eigenvalue weighted by Gasteiger charge is -2.25. The number of nitrogens with zero attached hydrogens (tertiary/aromatic N) is 1. The first-order valence-electron chi connectivity index (χ1n) is 8.62. The largest absolute Gasteiger partial charge is 0.387 e. The number of carbonyl (C=O) groups is 2. The van der Waals surface area contributed by atoms with Gasteiger partial charge in [0.1, 0.15) is 6.61 Å². The van der Waals surface area contributed by atoms with Crippen LogP contribution in [0.15, 0.2) is 12.1 Å². The van der Waals surface area contributed by atoms with Crippen LogP contribution in [0.25, 0.3) is 10.9 Å². The molecule has 1 unspecified atom stereocenters. The van der Waals surface area contributed by atoms with Gasteiger partial charge in [0.15, 0.2) is 0 Å². The van der Waals surface area contributed by atoms with E-state index in [1.807, 2.05) is 20.0 Å². The molecule has 1 atom stereocenters. The Morgan fingerprint density at radius 2 is 2.04 bits per heavy atom. The summed E-state index contributed by atoms with van der Waals surface area (Å²) in [6.07, 6.45) is 0. The van der Waals surface area contributed by atoms with E-state index < -0.39 is 6.61 Å². The minimum Gasteiger partial charge on any atom is -0.387 e. The summed E-state index contributed by atoms with van der Waals surface area (Å²) in [5, 5.41) is 15.3. The highest BCUT2D eigenvalue weighted by Crippen LogP contribution is 2.43. The van der Waals surface area contributed by atoms with Gasteiger partial charge in [-0.1, -0.05) is 43.1 Å². The van der Waals surface area contributed by atoms with Gasteiger partial charge in [-0.05, 0) is 18.6 Å². The van der Waals surface area contributed by atoms with Crippen LogP contribution < -0.4 is 10.6 Å². The third-order valence-corrected chi connectivity index (χ3v) is 5.67. The molecule has 1 aliphatic rings. The van der Waals surface area contributed by atoms with Gasteiger partial charge in [-0.25, -0.2) is 0 Å². The van der Waals surface area contributed by atoms with E-state index in [0.29, 0.717) is 16.6 Å². The molecule has 0 fully saturated rings. The van der Waals surface area contributed by atoms with Gasteiger partial charge in [0.25, 0.3) is 0 Å². The molecule has 0 saturated carbocycles. The molecule has 3 N–H and O–H groups in total. The molecule has 148 valence electrons. The number of carbonyl (C=O) groups excluding carboxylic acids is 2. The molecule has 27 heavy (non-hydrogen) atoms. The Bertz CT molecular complexity index is 884. The van der Waals surface area contributed by atoms with Crippen molar-refractivity contribution < 1.29 is 14.7 Å². The normalized spacial score (nSPS) is 18.1. The number of likely N-dealkylation sites (N-methyl/N-ethyl adjacent to an activating group) is 1. The molecule has 3 rings (SSSR count). The Hall–Kier alpha value is -1.76. The number of aliphatic hydroxyl groups is 1. The van der Waals surface area contributed by atoms with Crippen molar-refractivity contribution in [2.45, 2.75) is 32.1 Å². The molecule has 0 aliphatic carbocycles. The number of halogens is 2. The summed E-state index contributed by atoms with van der Waals surface area (Å²) in [6.45, 7) is 6.41. The SMILES string of the molecule is CC1C(=O)NCC(C)(C)c2c1c1ccc(Cl)c(Cl)c1n2C.CNC(=O)CO. The van der Waals surface area contributed by atoms with Crippen molar-refractivity contribution in [2.24, 2.45) is 7.05 Å². The number of aryl methyl sites for hydroxylation is 1. The number of amides is 2. The molecule has 8 heteroatoms. The second-order valence-electron chi connectivity index (χ2n) is 7.23. The second kappa shape index (κ2) is 8.09. The summed E-state index contributed by atoms with van der Waals surface area (Å²) >= 11 is 12.6. The Kier molecular flexibility index (Phi) is 6.45. The summed E-state index contributed by atoms with van der Waals surface area (Å²) < 4.78 is 2.09. The monoisotopic (exact) mass is 413 g/mol. The van der Waals surface area contributed by atoms with Crippen molar-refractivity contribution in [1.82, 2.24) is 15.2 Å². The zero-order valence-electron chi connectivity index (χ0n) is 16.1. The van der Waals surface area contributed by atoms with Gasteiger partial charge in [-0.15, -0.1) is 0 Å². The molecule has 2 aromatic rings. The predicted molar refractivity (Wildman–Crippen MR) is 109 cm³/mol. The van der Waals surface area contributed by atoms with Crippen molar-refractivity contribution in [3.8, 4) is 0 Å². The smallest absolute Gasteiger partial charge is 0.245 e. The van der Waals surface area contributed by atoms with Crippen LogP contribution >= 0.6 is 23.2 Å². The quantitative estimate of drug-likeness (QED) is 0.671. The van der Waals surface area contributed by atoms with E-state index in [-0.39, 0.29) is 23.1 Å². The molecule has 2 heterocycles. The number of hydrogen-bond acceptors (Lipinski definition) is 3. The summed E-state index contributed by atoms with van der Waals surface area (Å²) in [6, 6.07) is 3.77. The first-order chi connectivity index (χ1) is 12.6. The topological polar surface area (TPSA) is 83.4 Å². The van der Waals surface area contributed by atoms with Gasteiger partial charge in [-0.3, -0.25) is 9.59 Å². The van der Waals surface area contributed by atoms with Crippen LogP contribution in [-0.4, -0.2) is 41.7 Å². The fourth-order valence-electron chi connectivity index (χ4n) is 3.52. The van der Waals surface area contributed by atoms with Crippen LogP contribution in [0.5, 0.6) is 0 Å². The minimum atomic E-state index is -0.420. The lowest BCUT2D eigenvalue weighted by atomic mass is 9.84. The van der Waals surface area contributed by atoms with Crippen molar-refractivity contribution >= 4 is 45.9 Å². The Morgan fingerprint density at radius 1 is 1.41 bits per heavy atom. The second-order valence-corrected chi connectivity index (χ2v) is 8.02. The van der Waals surface area contributed by atoms with Gasteiger partial charge in [0.05, 0.1) is 21.5 Å². The molecular weight excluding hydrogens is 389 g/mol. The highest BCUT2D eigenvalue weighted by molar-refractivity contribution is 6.45. The number of rotatable bonds is 1. The molecule has 0 bridgehead atoms. The van der Waals surface area contributed by atoms with E-state index in [4.69, 9.17) is 28.3 Å². The van der Waals surface area contributed by atoms with E-state index >= 15 is 0 Å². The first kappa shape index (κ1) is 21.5. The lowest BCUT2D eigenvalue weighted by Crippen LogP contribution is -2.35. The van der Waals surface area contributed by atoms with E-state index in [1.165, 1.54) is 7.05 Å². The first-order valence-corrected chi connectivity index (χ1v) is 9.38. The maximum absolute atomic E-state index is 12.3. The summed E-state index contributed by atoms with van der Waals surface area (Å²) in [5.41, 5.74) is 2.95. The van der Waals surface area contributed by atoms with Crippen molar-refractivity contribution in [3.05, 3.63) is 33.4 Å². The fourth-order valence-corrected chi connectivity index (χ4v) is 3.96. The molecule has 0 spiro atoms. The molecule has 6 nitrogen and oxygen atoms in total. The average molecular weight is 414 g/mol. The highest BCUT2D eigenvalue weighted by atomic mass is 35.5. The molecule has 1 aromatic carbocycles. The number of nitrogens with one attached hydrogen (secondary N) is 2. The fraction of sp³-hybridized carbons (Fsp3) is 0.474. The van der Waals surface area contributed by atoms with Gasteiger partial charge in [-0.2, -0.15) is 0 Å². The van der Waals surface area contributed by atoms with Gasteiger partial charge in [0.2, 0.25) is 11.8 Å². The number of aliphatic hydroxyl groups excluding tert-OH is 1. The summed E-state index contributed by atoms with van der Waals surface area (Å²) in [4.78, 5) is 22.1. The van der Waals surface area contributed by atoms with Crippen LogP contribution in [0, 0.1) is 0 Å². The maximum atomic E-state index is 12.3. The number of fused-ring (bicyclic) bond motifs is 3. The van der Waals surface area contributed by atoms with Crippen molar-refractivity contribution in [2.75, 3.05) is 20.2 Å². The van der Waals surface area contributed by atoms with Gasteiger partial charge in [0, 0.05) is 37.1 Å². The average Bonchev–Trinajstić information content (AvgIpc) is 2.91. The zero-order valence-corrected chi connectivity index (χ0v) is 17.6. The molecule has 2 amide bonds. The standard InChI is InChI=1S/C16H18Cl2N2O.C3H7NO2/c1-8-11-9-5-6-10(17)12(18)13(9)20(4)14(11)16(2,3)7-19-15(8)21;1-4-3(6)2-5/h5-6,8H,7H2,1-4H3,(H,19,21);5H,2H2,1H3,(H,4,6). The third kappa shape index (κ3) is 3.93. The van der Waals surface area contributed by atoms with E-state index in [9.17, 15) is 9.59 Å². The van der Waals surface area contributed by atoms with E-state index in [0.717, 1.165) is 22.2 Å². The molecular formula is C19H25Cl2N3O3. The maximum Gasteiger partial charge on any atom is 0.245 e.